The SMILES string of the molecule is Cc1cc(Cl)c(N)cc1S(=O)(=O)NC(C1CC1)C1CC1. The minimum Gasteiger partial charge on any atom is -0.397 e. The second-order valence-electron chi connectivity index (χ2n) is 5.96. The first-order valence-corrected chi connectivity index (χ1v) is 8.82. The second-order valence-corrected chi connectivity index (χ2v) is 8.05. The molecule has 1 aromatic rings. The van der Waals surface area contributed by atoms with Crippen LogP contribution < -0.4 is 10.5 Å². The van der Waals surface area contributed by atoms with Crippen molar-refractivity contribution in [3.8, 4) is 0 Å². The van der Waals surface area contributed by atoms with E-state index in [9.17, 15) is 8.42 Å². The summed E-state index contributed by atoms with van der Waals surface area (Å²) in [6.07, 6.45) is 4.52. The van der Waals surface area contributed by atoms with Crippen LogP contribution in [0.1, 0.15) is 31.2 Å². The molecule has 0 spiro atoms. The Balaban J connectivity index is 1.89. The van der Waals surface area contributed by atoms with Crippen molar-refractivity contribution in [3.63, 3.8) is 0 Å². The highest BCUT2D eigenvalue weighted by atomic mass is 35.5. The van der Waals surface area contributed by atoms with Crippen LogP contribution in [-0.2, 0) is 10.0 Å². The van der Waals surface area contributed by atoms with E-state index in [1.807, 2.05) is 0 Å². The Morgan fingerprint density at radius 2 is 1.80 bits per heavy atom. The van der Waals surface area contributed by atoms with E-state index in [0.29, 0.717) is 28.1 Å². The van der Waals surface area contributed by atoms with Crippen LogP contribution in [0.2, 0.25) is 5.02 Å². The summed E-state index contributed by atoms with van der Waals surface area (Å²) in [5.41, 5.74) is 6.66. The van der Waals surface area contributed by atoms with Gasteiger partial charge in [0.2, 0.25) is 10.0 Å². The Bertz CT molecular complexity index is 625. The van der Waals surface area contributed by atoms with E-state index < -0.39 is 10.0 Å². The van der Waals surface area contributed by atoms with Gasteiger partial charge in [0.25, 0.3) is 0 Å². The zero-order valence-corrected chi connectivity index (χ0v) is 13.0. The molecule has 0 atom stereocenters. The molecule has 110 valence electrons. The van der Waals surface area contributed by atoms with Gasteiger partial charge >= 0.3 is 0 Å². The maximum Gasteiger partial charge on any atom is 0.241 e. The number of hydrogen-bond acceptors (Lipinski definition) is 3. The topological polar surface area (TPSA) is 72.2 Å². The number of nitrogens with two attached hydrogens (primary N) is 1. The van der Waals surface area contributed by atoms with Gasteiger partial charge in [0.1, 0.15) is 0 Å². The van der Waals surface area contributed by atoms with E-state index in [4.69, 9.17) is 17.3 Å². The van der Waals surface area contributed by atoms with Crippen molar-refractivity contribution in [2.75, 3.05) is 5.73 Å². The van der Waals surface area contributed by atoms with Gasteiger partial charge in [0.15, 0.2) is 0 Å². The highest BCUT2D eigenvalue weighted by Gasteiger charge is 2.43. The van der Waals surface area contributed by atoms with Gasteiger partial charge in [-0.25, -0.2) is 13.1 Å². The van der Waals surface area contributed by atoms with E-state index in [-0.39, 0.29) is 10.9 Å². The molecule has 0 amide bonds. The average molecular weight is 315 g/mol. The number of sulfonamides is 1. The fourth-order valence-electron chi connectivity index (χ4n) is 2.69. The lowest BCUT2D eigenvalue weighted by Gasteiger charge is -2.19. The monoisotopic (exact) mass is 314 g/mol. The highest BCUT2D eigenvalue weighted by molar-refractivity contribution is 7.89. The van der Waals surface area contributed by atoms with Gasteiger partial charge in [-0.1, -0.05) is 11.6 Å². The molecule has 1 aromatic carbocycles. The molecule has 0 unspecified atom stereocenters. The number of nitrogen functional groups attached to an aromatic ring is 1. The van der Waals surface area contributed by atoms with Crippen molar-refractivity contribution in [3.05, 3.63) is 22.7 Å². The van der Waals surface area contributed by atoms with Gasteiger partial charge in [-0.15, -0.1) is 0 Å². The van der Waals surface area contributed by atoms with Crippen LogP contribution in [-0.4, -0.2) is 14.5 Å². The molecule has 0 aromatic heterocycles. The molecule has 2 aliphatic rings. The average Bonchev–Trinajstić information content (AvgIpc) is 3.24. The van der Waals surface area contributed by atoms with Crippen LogP contribution in [0, 0.1) is 18.8 Å². The fraction of sp³-hybridized carbons (Fsp3) is 0.571. The number of halogens is 1. The Hall–Kier alpha value is -0.780. The molecule has 0 bridgehead atoms. The first-order chi connectivity index (χ1) is 9.38. The lowest BCUT2D eigenvalue weighted by atomic mass is 10.1. The van der Waals surface area contributed by atoms with Crippen molar-refractivity contribution < 1.29 is 8.42 Å². The molecule has 3 N–H and O–H groups in total. The van der Waals surface area contributed by atoms with Gasteiger partial charge in [-0.3, -0.25) is 0 Å². The summed E-state index contributed by atoms with van der Waals surface area (Å²) in [7, 11) is -3.53. The molecule has 6 heteroatoms. The summed E-state index contributed by atoms with van der Waals surface area (Å²) >= 11 is 5.92. The predicted octanol–water partition coefficient (Wildman–Crippen LogP) is 2.70. The molecule has 0 radical (unpaired) electrons. The molecule has 2 fully saturated rings. The van der Waals surface area contributed by atoms with Crippen molar-refractivity contribution in [2.45, 2.75) is 43.5 Å². The normalized spacial score (nSPS) is 19.6. The molecule has 0 saturated heterocycles. The number of rotatable bonds is 5. The smallest absolute Gasteiger partial charge is 0.241 e. The van der Waals surface area contributed by atoms with E-state index in [1.54, 1.807) is 13.0 Å². The van der Waals surface area contributed by atoms with Crippen molar-refractivity contribution in [1.82, 2.24) is 4.72 Å². The predicted molar refractivity (Wildman–Crippen MR) is 80.2 cm³/mol. The van der Waals surface area contributed by atoms with Crippen LogP contribution >= 0.6 is 11.6 Å². The molecular formula is C14H19ClN2O2S. The summed E-state index contributed by atoms with van der Waals surface area (Å²) in [6, 6.07) is 3.15. The van der Waals surface area contributed by atoms with E-state index >= 15 is 0 Å². The third-order valence-electron chi connectivity index (χ3n) is 4.13. The number of anilines is 1. The Kier molecular flexibility index (Phi) is 3.47. The van der Waals surface area contributed by atoms with Crippen LogP contribution in [0.4, 0.5) is 5.69 Å². The number of hydrogen-bond donors (Lipinski definition) is 2. The minimum atomic E-state index is -3.53. The maximum atomic E-state index is 12.6. The number of nitrogens with one attached hydrogen (secondary N) is 1. The van der Waals surface area contributed by atoms with Crippen LogP contribution in [0.25, 0.3) is 0 Å². The summed E-state index contributed by atoms with van der Waals surface area (Å²) < 4.78 is 28.1. The molecular weight excluding hydrogens is 296 g/mol. The summed E-state index contributed by atoms with van der Waals surface area (Å²) in [5.74, 6) is 1.03. The number of aryl methyl sites for hydroxylation is 1. The highest BCUT2D eigenvalue weighted by Crippen LogP contribution is 2.45. The molecule has 4 nitrogen and oxygen atoms in total. The van der Waals surface area contributed by atoms with Crippen LogP contribution in [0.15, 0.2) is 17.0 Å². The van der Waals surface area contributed by atoms with Crippen molar-refractivity contribution >= 4 is 27.3 Å². The van der Waals surface area contributed by atoms with E-state index in [1.165, 1.54) is 6.07 Å². The first-order valence-electron chi connectivity index (χ1n) is 6.96. The summed E-state index contributed by atoms with van der Waals surface area (Å²) in [4.78, 5) is 0.241. The Morgan fingerprint density at radius 1 is 1.25 bits per heavy atom. The third-order valence-corrected chi connectivity index (χ3v) is 6.06. The summed E-state index contributed by atoms with van der Waals surface area (Å²) in [6.45, 7) is 1.74. The number of benzene rings is 1. The van der Waals surface area contributed by atoms with Crippen molar-refractivity contribution in [2.24, 2.45) is 11.8 Å². The standard InChI is InChI=1S/C14H19ClN2O2S/c1-8-6-11(15)12(16)7-13(8)20(18,19)17-14(9-2-3-9)10-4-5-10/h6-7,9-10,14,17H,2-5,16H2,1H3. The van der Waals surface area contributed by atoms with Gasteiger partial charge in [0.05, 0.1) is 15.6 Å². The molecule has 2 aliphatic carbocycles. The minimum absolute atomic E-state index is 0.0938. The Labute approximate surface area is 124 Å². The fourth-order valence-corrected chi connectivity index (χ4v) is 4.54. The molecule has 0 heterocycles. The molecule has 0 aliphatic heterocycles. The van der Waals surface area contributed by atoms with Crippen LogP contribution in [0.5, 0.6) is 0 Å². The quantitative estimate of drug-likeness (QED) is 0.821. The molecule has 20 heavy (non-hydrogen) atoms. The van der Waals surface area contributed by atoms with Gasteiger partial charge in [-0.2, -0.15) is 0 Å². The Morgan fingerprint density at radius 3 is 2.30 bits per heavy atom. The van der Waals surface area contributed by atoms with E-state index in [0.717, 1.165) is 25.7 Å². The first kappa shape index (κ1) is 14.2. The van der Waals surface area contributed by atoms with E-state index in [2.05, 4.69) is 4.72 Å². The van der Waals surface area contributed by atoms with Gasteiger partial charge < -0.3 is 5.73 Å². The lowest BCUT2D eigenvalue weighted by molar-refractivity contribution is 0.471. The van der Waals surface area contributed by atoms with Gasteiger partial charge in [0, 0.05) is 6.04 Å². The molecule has 3 rings (SSSR count). The largest absolute Gasteiger partial charge is 0.397 e. The maximum absolute atomic E-state index is 12.6. The van der Waals surface area contributed by atoms with Crippen molar-refractivity contribution in [1.29, 1.82) is 0 Å². The van der Waals surface area contributed by atoms with Gasteiger partial charge in [-0.05, 0) is 62.1 Å². The lowest BCUT2D eigenvalue weighted by Crippen LogP contribution is -2.38. The summed E-state index contributed by atoms with van der Waals surface area (Å²) in [5, 5.41) is 0.391. The zero-order chi connectivity index (χ0) is 14.5. The second kappa shape index (κ2) is 4.90. The third kappa shape index (κ3) is 2.80. The van der Waals surface area contributed by atoms with Crippen LogP contribution in [0.3, 0.4) is 0 Å². The molecule has 2 saturated carbocycles. The zero-order valence-electron chi connectivity index (χ0n) is 11.4.